The van der Waals surface area contributed by atoms with Crippen LogP contribution in [-0.4, -0.2) is 38.9 Å². The zero-order valence-corrected chi connectivity index (χ0v) is 17.1. The van der Waals surface area contributed by atoms with Gasteiger partial charge in [-0.25, -0.2) is 4.79 Å². The molecule has 0 radical (unpaired) electrons. The molecule has 0 amide bonds. The van der Waals surface area contributed by atoms with Gasteiger partial charge in [-0.05, 0) is 24.1 Å². The Labute approximate surface area is 164 Å². The molecule has 0 saturated heterocycles. The fourth-order valence-corrected chi connectivity index (χ4v) is 3.42. The van der Waals surface area contributed by atoms with E-state index in [-0.39, 0.29) is 5.56 Å². The fraction of sp³-hybridized carbons (Fsp3) is 0.389. The first-order valence-electron chi connectivity index (χ1n) is 8.57. The monoisotopic (exact) mass is 435 g/mol. The molecule has 27 heavy (non-hydrogen) atoms. The summed E-state index contributed by atoms with van der Waals surface area (Å²) in [6.45, 7) is 1.72. The van der Waals surface area contributed by atoms with E-state index >= 15 is 0 Å². The highest BCUT2D eigenvalue weighted by molar-refractivity contribution is 9.10. The first kappa shape index (κ1) is 19.4. The van der Waals surface area contributed by atoms with Gasteiger partial charge in [0.25, 0.3) is 5.56 Å². The Morgan fingerprint density at radius 3 is 2.70 bits per heavy atom. The number of hydrogen-bond donors (Lipinski definition) is 1. The van der Waals surface area contributed by atoms with Gasteiger partial charge >= 0.3 is 5.69 Å². The van der Waals surface area contributed by atoms with E-state index in [4.69, 9.17) is 4.74 Å². The smallest absolute Gasteiger partial charge is 0.332 e. The van der Waals surface area contributed by atoms with E-state index in [1.807, 2.05) is 28.8 Å². The van der Waals surface area contributed by atoms with Crippen molar-refractivity contribution in [1.82, 2.24) is 18.7 Å². The van der Waals surface area contributed by atoms with Crippen LogP contribution >= 0.6 is 15.9 Å². The summed E-state index contributed by atoms with van der Waals surface area (Å²) in [5, 5.41) is 3.26. The van der Waals surface area contributed by atoms with Gasteiger partial charge in [0.05, 0.1) is 6.54 Å². The minimum atomic E-state index is -0.398. The van der Waals surface area contributed by atoms with E-state index in [2.05, 4.69) is 26.2 Å². The number of benzene rings is 1. The van der Waals surface area contributed by atoms with Gasteiger partial charge in [0.15, 0.2) is 11.2 Å². The summed E-state index contributed by atoms with van der Waals surface area (Å²) in [5.74, 6) is 0.555. The number of rotatable bonds is 7. The van der Waals surface area contributed by atoms with Gasteiger partial charge in [0.1, 0.15) is 0 Å². The molecule has 0 unspecified atom stereocenters. The minimum Gasteiger partial charge on any atom is -0.385 e. The quantitative estimate of drug-likeness (QED) is 0.570. The molecule has 144 valence electrons. The number of aromatic nitrogens is 4. The normalized spacial score (nSPS) is 11.3. The van der Waals surface area contributed by atoms with Crippen molar-refractivity contribution in [3.63, 3.8) is 0 Å². The molecule has 2 aromatic heterocycles. The summed E-state index contributed by atoms with van der Waals surface area (Å²) < 4.78 is 10.4. The number of nitrogens with zero attached hydrogens (tertiary/aromatic N) is 4. The second-order valence-electron chi connectivity index (χ2n) is 6.30. The molecular weight excluding hydrogens is 414 g/mol. The number of anilines is 1. The molecule has 2 heterocycles. The third kappa shape index (κ3) is 3.84. The van der Waals surface area contributed by atoms with Crippen LogP contribution in [0.15, 0.2) is 38.3 Å². The molecule has 0 aliphatic heterocycles. The topological polar surface area (TPSA) is 83.1 Å². The van der Waals surface area contributed by atoms with Gasteiger partial charge < -0.3 is 10.1 Å². The van der Waals surface area contributed by atoms with Crippen LogP contribution in [0.1, 0.15) is 12.0 Å². The Hall–Kier alpha value is -2.39. The maximum atomic E-state index is 12.8. The number of fused-ring (bicyclic) bond motifs is 1. The fourth-order valence-electron chi connectivity index (χ4n) is 2.97. The summed E-state index contributed by atoms with van der Waals surface area (Å²) >= 11 is 3.48. The number of imidazole rings is 1. The molecule has 0 bridgehead atoms. The Balaban J connectivity index is 2.14. The van der Waals surface area contributed by atoms with Crippen molar-refractivity contribution in [1.29, 1.82) is 0 Å². The second kappa shape index (κ2) is 8.10. The maximum Gasteiger partial charge on any atom is 0.332 e. The zero-order chi connectivity index (χ0) is 19.6. The van der Waals surface area contributed by atoms with Gasteiger partial charge in [0.2, 0.25) is 5.95 Å². The van der Waals surface area contributed by atoms with Gasteiger partial charge in [0, 0.05) is 38.8 Å². The highest BCUT2D eigenvalue weighted by atomic mass is 79.9. The lowest BCUT2D eigenvalue weighted by atomic mass is 10.2. The van der Waals surface area contributed by atoms with E-state index in [0.717, 1.165) is 21.0 Å². The minimum absolute atomic E-state index is 0.361. The number of methoxy groups -OCH3 is 1. The predicted molar refractivity (Wildman–Crippen MR) is 108 cm³/mol. The van der Waals surface area contributed by atoms with Crippen LogP contribution in [0.2, 0.25) is 0 Å². The number of halogens is 1. The molecule has 0 aliphatic carbocycles. The lowest BCUT2D eigenvalue weighted by Crippen LogP contribution is -2.37. The van der Waals surface area contributed by atoms with Crippen molar-refractivity contribution < 1.29 is 4.74 Å². The van der Waals surface area contributed by atoms with Crippen LogP contribution in [0, 0.1) is 0 Å². The SMILES string of the molecule is COCCCNc1nc2c(c(=O)n(C)c(=O)n2C)n1Cc1cccc(Br)c1. The molecule has 3 aromatic rings. The van der Waals surface area contributed by atoms with Crippen LogP contribution in [0.3, 0.4) is 0 Å². The van der Waals surface area contributed by atoms with E-state index in [1.165, 1.54) is 11.6 Å². The average molecular weight is 436 g/mol. The van der Waals surface area contributed by atoms with Crippen LogP contribution < -0.4 is 16.6 Å². The van der Waals surface area contributed by atoms with E-state index in [9.17, 15) is 9.59 Å². The molecule has 1 N–H and O–H groups in total. The molecule has 1 aromatic carbocycles. The molecule has 0 aliphatic rings. The van der Waals surface area contributed by atoms with E-state index in [0.29, 0.717) is 36.8 Å². The standard InChI is InChI=1S/C18H22BrN5O3/c1-22-15-14(16(25)23(2)18(22)26)24(11-12-6-4-7-13(19)10-12)17(21-15)20-8-5-9-27-3/h4,6-7,10H,5,8-9,11H2,1-3H3,(H,20,21). The molecule has 0 spiro atoms. The highest BCUT2D eigenvalue weighted by Crippen LogP contribution is 2.19. The third-order valence-corrected chi connectivity index (χ3v) is 4.88. The molecule has 0 fully saturated rings. The summed E-state index contributed by atoms with van der Waals surface area (Å²) in [7, 11) is 4.75. The van der Waals surface area contributed by atoms with Crippen LogP contribution in [0.5, 0.6) is 0 Å². The Morgan fingerprint density at radius 1 is 1.22 bits per heavy atom. The molecule has 8 nitrogen and oxygen atoms in total. The van der Waals surface area contributed by atoms with Gasteiger partial charge in [-0.2, -0.15) is 4.98 Å². The van der Waals surface area contributed by atoms with Crippen molar-refractivity contribution in [3.8, 4) is 0 Å². The molecule has 3 rings (SSSR count). The van der Waals surface area contributed by atoms with Crippen molar-refractivity contribution in [2.45, 2.75) is 13.0 Å². The van der Waals surface area contributed by atoms with Crippen LogP contribution in [-0.2, 0) is 25.4 Å². The summed E-state index contributed by atoms with van der Waals surface area (Å²) in [6, 6.07) is 7.87. The van der Waals surface area contributed by atoms with Crippen molar-refractivity contribution in [2.75, 3.05) is 25.6 Å². The van der Waals surface area contributed by atoms with Gasteiger partial charge in [-0.15, -0.1) is 0 Å². The van der Waals surface area contributed by atoms with E-state index < -0.39 is 5.69 Å². The number of aryl methyl sites for hydroxylation is 1. The van der Waals surface area contributed by atoms with Gasteiger partial charge in [-0.1, -0.05) is 28.1 Å². The van der Waals surface area contributed by atoms with Crippen LogP contribution in [0.25, 0.3) is 11.2 Å². The summed E-state index contributed by atoms with van der Waals surface area (Å²) in [4.78, 5) is 29.6. The van der Waals surface area contributed by atoms with Crippen LogP contribution in [0.4, 0.5) is 5.95 Å². The second-order valence-corrected chi connectivity index (χ2v) is 7.22. The first-order chi connectivity index (χ1) is 12.9. The van der Waals surface area contributed by atoms with Crippen molar-refractivity contribution >= 4 is 33.0 Å². The van der Waals surface area contributed by atoms with Crippen molar-refractivity contribution in [2.24, 2.45) is 14.1 Å². The average Bonchev–Trinajstić information content (AvgIpc) is 3.00. The largest absolute Gasteiger partial charge is 0.385 e. The Kier molecular flexibility index (Phi) is 5.81. The Bertz CT molecular complexity index is 1080. The lowest BCUT2D eigenvalue weighted by molar-refractivity contribution is 0.197. The Morgan fingerprint density at radius 2 is 2.00 bits per heavy atom. The van der Waals surface area contributed by atoms with Gasteiger partial charge in [-0.3, -0.25) is 18.5 Å². The summed E-state index contributed by atoms with van der Waals surface area (Å²) in [6.07, 6.45) is 0.799. The van der Waals surface area contributed by atoms with E-state index in [1.54, 1.807) is 14.2 Å². The zero-order valence-electron chi connectivity index (χ0n) is 15.5. The first-order valence-corrected chi connectivity index (χ1v) is 9.37. The highest BCUT2D eigenvalue weighted by Gasteiger charge is 2.19. The lowest BCUT2D eigenvalue weighted by Gasteiger charge is -2.11. The number of hydrogen-bond acceptors (Lipinski definition) is 5. The molecule has 0 saturated carbocycles. The molecular formula is C18H22BrN5O3. The predicted octanol–water partition coefficient (Wildman–Crippen LogP) is 1.69. The maximum absolute atomic E-state index is 12.8. The number of ether oxygens (including phenoxy) is 1. The number of nitrogens with one attached hydrogen (secondary N) is 1. The molecule has 0 atom stereocenters. The van der Waals surface area contributed by atoms with Crippen molar-refractivity contribution in [3.05, 3.63) is 55.1 Å². The summed E-state index contributed by atoms with van der Waals surface area (Å²) in [5.41, 5.74) is 1.02. The third-order valence-electron chi connectivity index (χ3n) is 4.39. The molecule has 9 heteroatoms.